The molecule has 3 heterocycles. The molecule has 2 aliphatic carbocycles. The number of ketones is 1. The first-order valence-electron chi connectivity index (χ1n) is 40.8. The minimum atomic E-state index is -0.618. The third-order valence-corrected chi connectivity index (χ3v) is 18.8. The molecule has 2 saturated heterocycles. The van der Waals surface area contributed by atoms with Gasteiger partial charge in [-0.3, -0.25) is 19.2 Å². The second-order valence-electron chi connectivity index (χ2n) is 40.1. The molecule has 0 N–H and O–H groups in total. The van der Waals surface area contributed by atoms with E-state index in [1.807, 2.05) is 139 Å². The fourth-order valence-corrected chi connectivity index (χ4v) is 10.1. The Morgan fingerprint density at radius 1 is 0.477 bits per heavy atom. The Bertz CT molecular complexity index is 3210. The molecule has 19 nitrogen and oxygen atoms in total. The summed E-state index contributed by atoms with van der Waals surface area (Å²) in [7, 11) is 1.30. The number of nitrogens with zero attached hydrogens (tertiary/aromatic N) is 2. The molecule has 1 aromatic heterocycles. The largest absolute Gasteiger partial charge is 0.519 e. The van der Waals surface area contributed by atoms with Gasteiger partial charge >= 0.3 is 30.1 Å². The Morgan fingerprint density at radius 2 is 0.883 bits per heavy atom. The van der Waals surface area contributed by atoms with Gasteiger partial charge in [-0.05, 0) is 212 Å². The minimum Gasteiger partial charge on any atom is -0.462 e. The molecular formula is C92H160N2O17. The van der Waals surface area contributed by atoms with E-state index in [-0.39, 0.29) is 98.4 Å². The number of hydrogen-bond acceptors (Lipinski definition) is 17. The molecule has 640 valence electrons. The maximum Gasteiger partial charge on any atom is 0.519 e. The minimum absolute atomic E-state index is 0.00926. The Labute approximate surface area is 674 Å². The van der Waals surface area contributed by atoms with Crippen LogP contribution in [0.25, 0.3) is 0 Å². The molecule has 7 rings (SSSR count). The van der Waals surface area contributed by atoms with E-state index in [2.05, 4.69) is 127 Å². The number of rotatable bonds is 11. The number of hydrogen-bond donors (Lipinski definition) is 0. The van der Waals surface area contributed by atoms with Gasteiger partial charge < -0.3 is 51.8 Å². The summed E-state index contributed by atoms with van der Waals surface area (Å²) >= 11 is 0. The summed E-state index contributed by atoms with van der Waals surface area (Å²) < 4.78 is 44.9. The van der Waals surface area contributed by atoms with E-state index in [1.165, 1.54) is 84.3 Å². The van der Waals surface area contributed by atoms with Gasteiger partial charge in [-0.15, -0.1) is 0 Å². The molecule has 4 atom stereocenters. The number of carbonyl (C=O) groups excluding carboxylic acids is 7. The fraction of sp³-hybridized carbons (Fsp3) is 0.761. The first-order chi connectivity index (χ1) is 50.4. The topological polar surface area (TPSA) is 234 Å². The van der Waals surface area contributed by atoms with Crippen molar-refractivity contribution in [2.24, 2.45) is 37.9 Å². The Hall–Kier alpha value is -6.50. The fourth-order valence-electron chi connectivity index (χ4n) is 10.1. The van der Waals surface area contributed by atoms with Crippen molar-refractivity contribution < 1.29 is 75.6 Å². The molecule has 2 amide bonds. The number of carbonyl (C=O) groups is 7. The average molecular weight is 1570 g/mol. The predicted molar refractivity (Wildman–Crippen MR) is 450 cm³/mol. The predicted octanol–water partition coefficient (Wildman–Crippen LogP) is 22.8. The maximum absolute atomic E-state index is 11.7. The lowest BCUT2D eigenvalue weighted by molar-refractivity contribution is -0.150. The van der Waals surface area contributed by atoms with E-state index < -0.39 is 18.1 Å². The lowest BCUT2D eigenvalue weighted by Crippen LogP contribution is -2.37. The van der Waals surface area contributed by atoms with Gasteiger partial charge in [0.2, 0.25) is 11.8 Å². The second kappa shape index (κ2) is 49.3. The third kappa shape index (κ3) is 54.0. The molecule has 3 fully saturated rings. The molecule has 2 aliphatic heterocycles. The molecular weight excluding hydrogens is 1410 g/mol. The first kappa shape index (κ1) is 107. The zero-order chi connectivity index (χ0) is 86.5. The van der Waals surface area contributed by atoms with Crippen LogP contribution in [0.5, 0.6) is 0 Å². The summed E-state index contributed by atoms with van der Waals surface area (Å²) in [5.41, 5.74) is 5.71. The summed E-state index contributed by atoms with van der Waals surface area (Å²) in [5.74, 6) is 0.937. The van der Waals surface area contributed by atoms with Crippen LogP contribution in [0.3, 0.4) is 0 Å². The number of benzene rings is 2. The van der Waals surface area contributed by atoms with Crippen molar-refractivity contribution in [1.29, 1.82) is 0 Å². The lowest BCUT2D eigenvalue weighted by Gasteiger charge is -2.29. The molecule has 0 radical (unpaired) electrons. The van der Waals surface area contributed by atoms with Crippen LogP contribution in [-0.4, -0.2) is 128 Å². The van der Waals surface area contributed by atoms with Crippen molar-refractivity contribution in [3.8, 4) is 0 Å². The summed E-state index contributed by atoms with van der Waals surface area (Å²) in [6.07, 6.45) is 16.2. The summed E-state index contributed by atoms with van der Waals surface area (Å²) in [5, 5.41) is 0. The van der Waals surface area contributed by atoms with Crippen LogP contribution in [0, 0.1) is 44.8 Å². The Balaban J connectivity index is 0. The van der Waals surface area contributed by atoms with E-state index in [0.29, 0.717) is 47.2 Å². The zero-order valence-electron chi connectivity index (χ0n) is 76.7. The molecule has 3 aromatic rings. The van der Waals surface area contributed by atoms with Gasteiger partial charge in [-0.25, -0.2) is 19.2 Å². The molecule has 1 saturated carbocycles. The van der Waals surface area contributed by atoms with Crippen LogP contribution in [0.15, 0.2) is 62.2 Å². The van der Waals surface area contributed by atoms with E-state index in [1.54, 1.807) is 30.2 Å². The van der Waals surface area contributed by atoms with Crippen molar-refractivity contribution in [2.45, 2.75) is 380 Å². The molecule has 2 aromatic carbocycles. The highest BCUT2D eigenvalue weighted by Gasteiger charge is 2.30. The van der Waals surface area contributed by atoms with Crippen LogP contribution in [0.2, 0.25) is 0 Å². The number of amides is 2. The van der Waals surface area contributed by atoms with Gasteiger partial charge in [0.25, 0.3) is 0 Å². The number of esters is 2. The van der Waals surface area contributed by atoms with Gasteiger partial charge in [-0.1, -0.05) is 209 Å². The summed E-state index contributed by atoms with van der Waals surface area (Å²) in [4.78, 5) is 92.7. The van der Waals surface area contributed by atoms with Crippen LogP contribution >= 0.6 is 0 Å². The molecule has 111 heavy (non-hydrogen) atoms. The maximum atomic E-state index is 11.7. The van der Waals surface area contributed by atoms with Gasteiger partial charge in [0.1, 0.15) is 48.6 Å². The van der Waals surface area contributed by atoms with E-state index in [4.69, 9.17) is 37.3 Å². The quantitative estimate of drug-likeness (QED) is 0.128. The van der Waals surface area contributed by atoms with Gasteiger partial charge in [0, 0.05) is 52.4 Å². The third-order valence-electron chi connectivity index (χ3n) is 18.8. The van der Waals surface area contributed by atoms with Crippen molar-refractivity contribution in [3.05, 3.63) is 92.9 Å². The molecule has 0 bridgehead atoms. The number of Topliss-reactive ketones (excluding diaryl/α,β-unsaturated/α-hetero) is 1. The van der Waals surface area contributed by atoms with E-state index in [9.17, 15) is 38.4 Å². The van der Waals surface area contributed by atoms with Gasteiger partial charge in [-0.2, -0.15) is 0 Å². The van der Waals surface area contributed by atoms with Crippen molar-refractivity contribution in [1.82, 2.24) is 9.80 Å². The van der Waals surface area contributed by atoms with Gasteiger partial charge in [0.05, 0.1) is 18.3 Å². The standard InChI is InChI=1S/C13H24O3.C13H18O2.C13H18.C11H21NO.C10H19NO.C9H14O3.C8H16O3.C8H16O2.C7H14O2/c1-10(13(2,3)4)15-12(14)16-11-8-6-5-7-9-11;1-10(13(2,3)4)15-12(14)11-8-6-5-7-9-11;1-13(2,3)12-8-7-10-5-4-6-11(10)9-12;1-11(2,3)9-10(13)12-7-5-4-6-8-12;1-10(2,3)8-9(12)11-6-4-5-7-11;1-6-7(5-9(2,3)4)12-8(10)11-6;1-6(8(2,3)4)11-7(9)10-5;1-6(8(3,4)5)10-7(2)9;1-6(8)5-9-7(2,3)4/h10-11H,5-9H2,1-4H3;5-10H,1-4H3;7-9H,4-6H2,1-3H3;4-9H2,1-3H3;4-8H2,1-3H3;5H2,1-4H3;6H,1-5H3;6H,1-5H3;5H2,1-4H3. The monoisotopic (exact) mass is 1570 g/mol. The Morgan fingerprint density at radius 3 is 1.23 bits per heavy atom. The number of likely N-dealkylation sites (tertiary alicyclic amines) is 2. The van der Waals surface area contributed by atoms with Crippen molar-refractivity contribution in [2.75, 3.05) is 39.9 Å². The zero-order valence-corrected chi connectivity index (χ0v) is 76.7. The van der Waals surface area contributed by atoms with Crippen LogP contribution in [-0.2, 0) is 77.0 Å². The normalized spacial score (nSPS) is 15.7. The molecule has 4 aliphatic rings. The summed E-state index contributed by atoms with van der Waals surface area (Å²) in [6.45, 7) is 72.4. The lowest BCUT2D eigenvalue weighted by atomic mass is 9.85. The van der Waals surface area contributed by atoms with E-state index in [0.717, 1.165) is 58.3 Å². The number of fused-ring (bicyclic) bond motifs is 1. The number of piperidine rings is 1. The van der Waals surface area contributed by atoms with Crippen molar-refractivity contribution in [3.63, 3.8) is 0 Å². The van der Waals surface area contributed by atoms with Crippen LogP contribution in [0.1, 0.15) is 351 Å². The molecule has 19 heteroatoms. The van der Waals surface area contributed by atoms with E-state index >= 15 is 0 Å². The summed E-state index contributed by atoms with van der Waals surface area (Å²) in [6, 6.07) is 16.1. The highest BCUT2D eigenvalue weighted by molar-refractivity contribution is 5.89. The van der Waals surface area contributed by atoms with Crippen LogP contribution in [0.4, 0.5) is 9.59 Å². The molecule has 4 unspecified atom stereocenters. The Kier molecular flexibility index (Phi) is 47.3. The number of methoxy groups -OCH3 is 1. The highest BCUT2D eigenvalue weighted by Crippen LogP contribution is 2.31. The second-order valence-corrected chi connectivity index (χ2v) is 40.1. The van der Waals surface area contributed by atoms with Gasteiger partial charge in [0.15, 0.2) is 5.78 Å². The first-order valence-corrected chi connectivity index (χ1v) is 40.8. The smallest absolute Gasteiger partial charge is 0.462 e. The molecule has 0 spiro atoms. The van der Waals surface area contributed by atoms with Crippen LogP contribution < -0.4 is 5.82 Å². The number of ether oxygens (including phenoxy) is 7. The average Bonchev–Trinajstić information content (AvgIpc) is 1.74. The highest BCUT2D eigenvalue weighted by atomic mass is 16.7. The van der Waals surface area contributed by atoms with Crippen molar-refractivity contribution >= 4 is 41.8 Å². The number of aryl methyl sites for hydroxylation is 3. The SMILES string of the molecule is CC(=O)COC(C)(C)C.CC(=O)OC(C)C(C)(C)C.CC(C)(C)CC(=O)N1CCCC1.CC(C)(C)CC(=O)N1CCCCC1.CC(C)(C)c1ccc2c(c1)CCC2.CC(OC(=O)OC1CCCCC1)C(C)(C)C.CC(OC(=O)c1ccccc1)C(C)(C)C.COC(=O)OC(C)C(C)(C)C.Cc1oc(=O)oc1CC(C)(C)C.